The summed E-state index contributed by atoms with van der Waals surface area (Å²) >= 11 is 0. The van der Waals surface area contributed by atoms with Crippen molar-refractivity contribution in [2.45, 2.75) is 76.6 Å². The lowest BCUT2D eigenvalue weighted by atomic mass is 9.88. The first-order chi connectivity index (χ1) is 7.71. The number of rotatable bonds is 0. The molecule has 0 aromatic rings. The number of ether oxygens (including phenoxy) is 1. The summed E-state index contributed by atoms with van der Waals surface area (Å²) in [5.74, 6) is 0. The highest BCUT2D eigenvalue weighted by atomic mass is 16.6. The fourth-order valence-corrected chi connectivity index (χ4v) is 3.27. The van der Waals surface area contributed by atoms with Gasteiger partial charge in [0.1, 0.15) is 5.60 Å². The quantitative estimate of drug-likeness (QED) is 0.706. The Hall–Kier alpha value is -0.770. The molecule has 2 aliphatic heterocycles. The summed E-state index contributed by atoms with van der Waals surface area (Å²) in [6, 6.07) is 0.504. The average Bonchev–Trinajstić information content (AvgIpc) is 2.31. The largest absolute Gasteiger partial charge is 0.444 e. The van der Waals surface area contributed by atoms with Gasteiger partial charge in [-0.15, -0.1) is 0 Å². The number of amides is 1. The molecule has 0 spiro atoms. The molecule has 0 aliphatic carbocycles. The van der Waals surface area contributed by atoms with Gasteiger partial charge in [0.25, 0.3) is 0 Å². The maximum Gasteiger partial charge on any atom is 0.410 e. The van der Waals surface area contributed by atoms with Gasteiger partial charge in [-0.1, -0.05) is 0 Å². The first-order valence-electron chi connectivity index (χ1n) is 6.49. The van der Waals surface area contributed by atoms with E-state index in [-0.39, 0.29) is 23.7 Å². The van der Waals surface area contributed by atoms with Gasteiger partial charge >= 0.3 is 6.09 Å². The number of fused-ring (bicyclic) bond motifs is 2. The minimum Gasteiger partial charge on any atom is -0.444 e. The smallest absolute Gasteiger partial charge is 0.410 e. The lowest BCUT2D eigenvalue weighted by Gasteiger charge is -2.45. The second kappa shape index (κ2) is 3.87. The van der Waals surface area contributed by atoms with Crippen molar-refractivity contribution in [3.8, 4) is 0 Å². The second-order valence-electron chi connectivity index (χ2n) is 6.74. The Morgan fingerprint density at radius 1 is 1.47 bits per heavy atom. The minimum absolute atomic E-state index is 0.0926. The van der Waals surface area contributed by atoms with E-state index in [9.17, 15) is 4.79 Å². The fourth-order valence-electron chi connectivity index (χ4n) is 3.27. The van der Waals surface area contributed by atoms with Gasteiger partial charge in [0.05, 0.1) is 0 Å². The van der Waals surface area contributed by atoms with E-state index in [1.165, 1.54) is 0 Å². The zero-order chi connectivity index (χ0) is 12.8. The molecule has 2 saturated heterocycles. The van der Waals surface area contributed by atoms with Crippen molar-refractivity contribution in [1.82, 2.24) is 4.90 Å². The third-order valence-electron chi connectivity index (χ3n) is 3.83. The van der Waals surface area contributed by atoms with E-state index in [2.05, 4.69) is 6.92 Å². The number of carbonyl (C=O) groups excluding carboxylic acids is 1. The molecule has 17 heavy (non-hydrogen) atoms. The Bertz CT molecular complexity index is 324. The van der Waals surface area contributed by atoms with Gasteiger partial charge in [-0.25, -0.2) is 4.79 Å². The molecule has 2 bridgehead atoms. The van der Waals surface area contributed by atoms with E-state index >= 15 is 0 Å². The lowest BCUT2D eigenvalue weighted by molar-refractivity contribution is -0.0127. The summed E-state index contributed by atoms with van der Waals surface area (Å²) in [7, 11) is 0. The van der Waals surface area contributed by atoms with E-state index < -0.39 is 5.60 Å². The SMILES string of the molecule is CC(C)(C)OC(=O)N1C2CCC1(C)CC(N)C2. The molecule has 4 heteroatoms. The van der Waals surface area contributed by atoms with E-state index in [0.717, 1.165) is 25.7 Å². The normalized spacial score (nSPS) is 37.1. The molecular formula is C13H24N2O2. The zero-order valence-corrected chi connectivity index (χ0v) is 11.3. The zero-order valence-electron chi connectivity index (χ0n) is 11.3. The standard InChI is InChI=1S/C13H24N2O2/c1-12(2,3)17-11(16)15-10-5-6-13(15,4)8-9(14)7-10/h9-10H,5-8,14H2,1-4H3. The predicted octanol–water partition coefficient (Wildman–Crippen LogP) is 2.27. The van der Waals surface area contributed by atoms with Gasteiger partial charge in [0, 0.05) is 17.6 Å². The lowest BCUT2D eigenvalue weighted by Crippen LogP contribution is -2.57. The van der Waals surface area contributed by atoms with E-state index in [0.29, 0.717) is 0 Å². The monoisotopic (exact) mass is 240 g/mol. The molecule has 98 valence electrons. The van der Waals surface area contributed by atoms with Crippen molar-refractivity contribution in [2.75, 3.05) is 0 Å². The van der Waals surface area contributed by atoms with Gasteiger partial charge in [-0.05, 0) is 53.4 Å². The molecule has 2 aliphatic rings. The summed E-state index contributed by atoms with van der Waals surface area (Å²) in [5, 5.41) is 0. The molecule has 0 aromatic heterocycles. The molecule has 1 amide bonds. The van der Waals surface area contributed by atoms with E-state index in [1.54, 1.807) is 0 Å². The molecule has 0 saturated carbocycles. The molecule has 0 aromatic carbocycles. The van der Waals surface area contributed by atoms with E-state index in [4.69, 9.17) is 10.5 Å². The molecule has 0 radical (unpaired) electrons. The molecule has 2 heterocycles. The van der Waals surface area contributed by atoms with Crippen molar-refractivity contribution in [2.24, 2.45) is 5.73 Å². The van der Waals surface area contributed by atoms with Crippen LogP contribution in [-0.4, -0.2) is 34.2 Å². The van der Waals surface area contributed by atoms with Gasteiger partial charge in [-0.3, -0.25) is 4.90 Å². The summed E-state index contributed by atoms with van der Waals surface area (Å²) in [5.41, 5.74) is 5.53. The number of hydrogen-bond donors (Lipinski definition) is 1. The highest BCUT2D eigenvalue weighted by Gasteiger charge is 2.51. The predicted molar refractivity (Wildman–Crippen MR) is 66.7 cm³/mol. The molecule has 3 unspecified atom stereocenters. The van der Waals surface area contributed by atoms with Crippen molar-refractivity contribution in [3.63, 3.8) is 0 Å². The number of nitrogens with zero attached hydrogens (tertiary/aromatic N) is 1. The molecule has 3 atom stereocenters. The molecule has 2 N–H and O–H groups in total. The average molecular weight is 240 g/mol. The first kappa shape index (κ1) is 12.7. The minimum atomic E-state index is -0.424. The number of hydrogen-bond acceptors (Lipinski definition) is 3. The van der Waals surface area contributed by atoms with Crippen molar-refractivity contribution >= 4 is 6.09 Å². The van der Waals surface area contributed by atoms with Crippen LogP contribution in [0.1, 0.15) is 53.4 Å². The van der Waals surface area contributed by atoms with Crippen molar-refractivity contribution in [3.05, 3.63) is 0 Å². The Kier molecular flexibility index (Phi) is 2.89. The van der Waals surface area contributed by atoms with E-state index in [1.807, 2.05) is 25.7 Å². The fraction of sp³-hybridized carbons (Fsp3) is 0.923. The number of nitrogens with two attached hydrogens (primary N) is 1. The van der Waals surface area contributed by atoms with Crippen LogP contribution in [0.3, 0.4) is 0 Å². The Balaban J connectivity index is 2.14. The maximum atomic E-state index is 12.2. The Morgan fingerprint density at radius 3 is 2.65 bits per heavy atom. The van der Waals surface area contributed by atoms with Gasteiger partial charge < -0.3 is 10.5 Å². The topological polar surface area (TPSA) is 55.6 Å². The first-order valence-corrected chi connectivity index (χ1v) is 6.49. The second-order valence-corrected chi connectivity index (χ2v) is 6.74. The summed E-state index contributed by atoms with van der Waals surface area (Å²) in [6.45, 7) is 7.86. The molecular weight excluding hydrogens is 216 g/mol. The maximum absolute atomic E-state index is 12.2. The number of piperidine rings is 1. The Labute approximate surface area is 103 Å². The number of carbonyl (C=O) groups is 1. The van der Waals surface area contributed by atoms with Crippen LogP contribution in [0.15, 0.2) is 0 Å². The van der Waals surface area contributed by atoms with Crippen LogP contribution in [0.2, 0.25) is 0 Å². The highest BCUT2D eigenvalue weighted by Crippen LogP contribution is 2.44. The van der Waals surface area contributed by atoms with Crippen LogP contribution in [-0.2, 0) is 4.74 Å². The molecule has 2 fully saturated rings. The van der Waals surface area contributed by atoms with Crippen LogP contribution >= 0.6 is 0 Å². The Morgan fingerprint density at radius 2 is 2.12 bits per heavy atom. The third-order valence-corrected chi connectivity index (χ3v) is 3.83. The summed E-state index contributed by atoms with van der Waals surface area (Å²) in [4.78, 5) is 14.2. The van der Waals surface area contributed by atoms with Gasteiger partial charge in [-0.2, -0.15) is 0 Å². The van der Waals surface area contributed by atoms with Gasteiger partial charge in [0.2, 0.25) is 0 Å². The van der Waals surface area contributed by atoms with Crippen LogP contribution in [0.5, 0.6) is 0 Å². The summed E-state index contributed by atoms with van der Waals surface area (Å²) < 4.78 is 5.50. The van der Waals surface area contributed by atoms with Crippen LogP contribution in [0, 0.1) is 0 Å². The molecule has 2 rings (SSSR count). The summed E-state index contributed by atoms with van der Waals surface area (Å²) in [6.07, 6.45) is 3.74. The van der Waals surface area contributed by atoms with Crippen molar-refractivity contribution in [1.29, 1.82) is 0 Å². The van der Waals surface area contributed by atoms with Crippen LogP contribution < -0.4 is 5.73 Å². The third kappa shape index (κ3) is 2.41. The molecule has 4 nitrogen and oxygen atoms in total. The van der Waals surface area contributed by atoms with Crippen LogP contribution in [0.4, 0.5) is 4.79 Å². The van der Waals surface area contributed by atoms with Crippen LogP contribution in [0.25, 0.3) is 0 Å². The van der Waals surface area contributed by atoms with Gasteiger partial charge in [0.15, 0.2) is 0 Å². The van der Waals surface area contributed by atoms with Crippen molar-refractivity contribution < 1.29 is 9.53 Å². The highest BCUT2D eigenvalue weighted by molar-refractivity contribution is 5.70.